The first kappa shape index (κ1) is 16.5. The molecule has 0 unspecified atom stereocenters. The highest BCUT2D eigenvalue weighted by Gasteiger charge is 2.15. The third-order valence-electron chi connectivity index (χ3n) is 3.97. The van der Waals surface area contributed by atoms with Crippen LogP contribution in [0, 0.1) is 5.82 Å². The molecule has 0 bridgehead atoms. The molecule has 1 heterocycles. The van der Waals surface area contributed by atoms with Crippen molar-refractivity contribution in [2.75, 3.05) is 5.32 Å². The summed E-state index contributed by atoms with van der Waals surface area (Å²) in [6, 6.07) is 18.4. The number of hydrogen-bond donors (Lipinski definition) is 1. The number of benzene rings is 3. The second-order valence-corrected chi connectivity index (χ2v) is 6.54. The summed E-state index contributed by atoms with van der Waals surface area (Å²) in [5.74, 6) is -0.0772. The van der Waals surface area contributed by atoms with Crippen LogP contribution in [0.1, 0.15) is 10.4 Å². The number of carbonyl (C=O) groups excluding carboxylic acids is 1. The molecule has 1 amide bonds. The van der Waals surface area contributed by atoms with Gasteiger partial charge in [0.1, 0.15) is 11.3 Å². The van der Waals surface area contributed by atoms with E-state index >= 15 is 0 Å². The number of halogens is 2. The lowest BCUT2D eigenvalue weighted by Crippen LogP contribution is -2.12. The van der Waals surface area contributed by atoms with E-state index in [0.717, 1.165) is 4.47 Å². The van der Waals surface area contributed by atoms with Crippen molar-refractivity contribution in [2.45, 2.75) is 0 Å². The molecule has 0 aliphatic heterocycles. The molecule has 6 heteroatoms. The molecular weight excluding hydrogens is 399 g/mol. The molecular formula is C20H12BrFN2O2. The minimum atomic E-state index is -0.328. The summed E-state index contributed by atoms with van der Waals surface area (Å²) in [6.07, 6.45) is 0. The van der Waals surface area contributed by atoms with Crippen molar-refractivity contribution in [1.29, 1.82) is 0 Å². The Hall–Kier alpha value is -2.99. The average Bonchev–Trinajstić information content (AvgIpc) is 3.07. The molecule has 128 valence electrons. The number of nitrogens with one attached hydrogen (secondary N) is 1. The fourth-order valence-corrected chi connectivity index (χ4v) is 3.03. The van der Waals surface area contributed by atoms with E-state index in [9.17, 15) is 9.18 Å². The number of amides is 1. The van der Waals surface area contributed by atoms with Crippen LogP contribution in [-0.4, -0.2) is 11.1 Å². The van der Waals surface area contributed by atoms with Gasteiger partial charge in [-0.2, -0.15) is 0 Å². The van der Waals surface area contributed by atoms with Gasteiger partial charge in [-0.1, -0.05) is 17.3 Å². The van der Waals surface area contributed by atoms with E-state index in [4.69, 9.17) is 4.52 Å². The van der Waals surface area contributed by atoms with Gasteiger partial charge in [-0.3, -0.25) is 4.79 Å². The molecule has 0 aliphatic rings. The Labute approximate surface area is 156 Å². The standard InChI is InChI=1S/C20H12BrFN2O2/c21-16-3-1-2-4-18(16)23-20(25)13-7-10-17-15(11-13)19(26-24-17)12-5-8-14(22)9-6-12/h1-11H,(H,23,25). The number of rotatable bonds is 3. The maximum atomic E-state index is 13.1. The van der Waals surface area contributed by atoms with Crippen molar-refractivity contribution in [1.82, 2.24) is 5.16 Å². The Kier molecular flexibility index (Phi) is 4.26. The maximum Gasteiger partial charge on any atom is 0.255 e. The average molecular weight is 411 g/mol. The number of carbonyl (C=O) groups is 1. The van der Waals surface area contributed by atoms with Crippen LogP contribution >= 0.6 is 15.9 Å². The highest BCUT2D eigenvalue weighted by atomic mass is 79.9. The summed E-state index contributed by atoms with van der Waals surface area (Å²) in [6.45, 7) is 0. The van der Waals surface area contributed by atoms with Crippen molar-refractivity contribution < 1.29 is 13.7 Å². The second kappa shape index (κ2) is 6.72. The van der Waals surface area contributed by atoms with Crippen LogP contribution in [0.15, 0.2) is 75.7 Å². The van der Waals surface area contributed by atoms with Gasteiger partial charge in [-0.15, -0.1) is 0 Å². The van der Waals surface area contributed by atoms with Crippen LogP contribution in [0.5, 0.6) is 0 Å². The van der Waals surface area contributed by atoms with Gasteiger partial charge in [0, 0.05) is 15.6 Å². The molecule has 0 spiro atoms. The zero-order valence-electron chi connectivity index (χ0n) is 13.4. The van der Waals surface area contributed by atoms with Crippen LogP contribution < -0.4 is 5.32 Å². The fourth-order valence-electron chi connectivity index (χ4n) is 2.65. The quantitative estimate of drug-likeness (QED) is 0.474. The zero-order valence-corrected chi connectivity index (χ0v) is 15.0. The van der Waals surface area contributed by atoms with Gasteiger partial charge in [0.15, 0.2) is 5.76 Å². The van der Waals surface area contributed by atoms with Gasteiger partial charge in [0.05, 0.1) is 11.1 Å². The van der Waals surface area contributed by atoms with Gasteiger partial charge < -0.3 is 9.84 Å². The molecule has 0 aliphatic carbocycles. The van der Waals surface area contributed by atoms with E-state index in [0.29, 0.717) is 33.5 Å². The second-order valence-electron chi connectivity index (χ2n) is 5.68. The predicted octanol–water partition coefficient (Wildman–Crippen LogP) is 5.65. The largest absolute Gasteiger partial charge is 0.355 e. The van der Waals surface area contributed by atoms with Gasteiger partial charge in [-0.05, 0) is 70.5 Å². The Balaban J connectivity index is 1.71. The molecule has 0 saturated heterocycles. The molecule has 0 fully saturated rings. The van der Waals surface area contributed by atoms with Crippen LogP contribution in [-0.2, 0) is 0 Å². The number of anilines is 1. The lowest BCUT2D eigenvalue weighted by molar-refractivity contribution is 0.102. The first-order valence-electron chi connectivity index (χ1n) is 7.83. The van der Waals surface area contributed by atoms with Crippen LogP contribution in [0.2, 0.25) is 0 Å². The van der Waals surface area contributed by atoms with E-state index in [1.807, 2.05) is 24.3 Å². The molecule has 3 aromatic carbocycles. The fraction of sp³-hybridized carbons (Fsp3) is 0. The Bertz CT molecular complexity index is 1110. The van der Waals surface area contributed by atoms with Gasteiger partial charge in [0.25, 0.3) is 5.91 Å². The van der Waals surface area contributed by atoms with Crippen molar-refractivity contribution >= 4 is 38.4 Å². The van der Waals surface area contributed by atoms with Gasteiger partial charge in [0.2, 0.25) is 0 Å². The van der Waals surface area contributed by atoms with Crippen molar-refractivity contribution in [3.8, 4) is 11.3 Å². The Morgan fingerprint density at radius 2 is 1.81 bits per heavy atom. The molecule has 0 radical (unpaired) electrons. The highest BCUT2D eigenvalue weighted by Crippen LogP contribution is 2.30. The van der Waals surface area contributed by atoms with E-state index in [-0.39, 0.29) is 11.7 Å². The zero-order chi connectivity index (χ0) is 18.1. The number of hydrogen-bond acceptors (Lipinski definition) is 3. The smallest absolute Gasteiger partial charge is 0.255 e. The predicted molar refractivity (Wildman–Crippen MR) is 101 cm³/mol. The van der Waals surface area contributed by atoms with Gasteiger partial charge >= 0.3 is 0 Å². The van der Waals surface area contributed by atoms with Crippen LogP contribution in [0.3, 0.4) is 0 Å². The Morgan fingerprint density at radius 1 is 1.04 bits per heavy atom. The summed E-state index contributed by atoms with van der Waals surface area (Å²) in [7, 11) is 0. The monoisotopic (exact) mass is 410 g/mol. The summed E-state index contributed by atoms with van der Waals surface area (Å²) in [5.41, 5.74) is 2.47. The van der Waals surface area contributed by atoms with E-state index in [1.165, 1.54) is 12.1 Å². The molecule has 0 atom stereocenters. The minimum Gasteiger partial charge on any atom is -0.355 e. The molecule has 4 rings (SSSR count). The molecule has 4 aromatic rings. The van der Waals surface area contributed by atoms with E-state index in [1.54, 1.807) is 30.3 Å². The first-order valence-corrected chi connectivity index (χ1v) is 8.62. The lowest BCUT2D eigenvalue weighted by atomic mass is 10.1. The SMILES string of the molecule is O=C(Nc1ccccc1Br)c1ccc2noc(-c3ccc(F)cc3)c2c1. The number of fused-ring (bicyclic) bond motifs is 1. The summed E-state index contributed by atoms with van der Waals surface area (Å²) in [4.78, 5) is 12.6. The van der Waals surface area contributed by atoms with Crippen LogP contribution in [0.4, 0.5) is 10.1 Å². The lowest BCUT2D eigenvalue weighted by Gasteiger charge is -2.07. The molecule has 1 N–H and O–H groups in total. The third-order valence-corrected chi connectivity index (χ3v) is 4.66. The van der Waals surface area contributed by atoms with Crippen molar-refractivity contribution in [3.63, 3.8) is 0 Å². The first-order chi connectivity index (χ1) is 12.6. The molecule has 4 nitrogen and oxygen atoms in total. The normalized spacial score (nSPS) is 10.8. The molecule has 0 saturated carbocycles. The third kappa shape index (κ3) is 3.11. The molecule has 26 heavy (non-hydrogen) atoms. The molecule has 1 aromatic heterocycles. The minimum absolute atomic E-state index is 0.245. The van der Waals surface area contributed by atoms with Crippen LogP contribution in [0.25, 0.3) is 22.2 Å². The van der Waals surface area contributed by atoms with Gasteiger partial charge in [-0.25, -0.2) is 4.39 Å². The van der Waals surface area contributed by atoms with E-state index < -0.39 is 0 Å². The summed E-state index contributed by atoms with van der Waals surface area (Å²) >= 11 is 3.41. The highest BCUT2D eigenvalue weighted by molar-refractivity contribution is 9.10. The summed E-state index contributed by atoms with van der Waals surface area (Å²) in [5, 5.41) is 7.56. The number of nitrogens with zero attached hydrogens (tertiary/aromatic N) is 1. The van der Waals surface area contributed by atoms with Crippen molar-refractivity contribution in [2.24, 2.45) is 0 Å². The van der Waals surface area contributed by atoms with Crippen molar-refractivity contribution in [3.05, 3.63) is 82.6 Å². The number of para-hydroxylation sites is 1. The van der Waals surface area contributed by atoms with E-state index in [2.05, 4.69) is 26.4 Å². The Morgan fingerprint density at radius 3 is 2.58 bits per heavy atom. The summed E-state index contributed by atoms with van der Waals surface area (Å²) < 4.78 is 19.3. The number of aromatic nitrogens is 1. The topological polar surface area (TPSA) is 55.1 Å². The maximum absolute atomic E-state index is 13.1.